The third-order valence-electron chi connectivity index (χ3n) is 5.46. The van der Waals surface area contributed by atoms with Crippen LogP contribution < -0.4 is 4.74 Å². The predicted octanol–water partition coefficient (Wildman–Crippen LogP) is 4.89. The van der Waals surface area contributed by atoms with Crippen LogP contribution in [0, 0.1) is 0 Å². The van der Waals surface area contributed by atoms with Gasteiger partial charge in [-0.1, -0.05) is 72.8 Å². The maximum absolute atomic E-state index is 13.3. The molecule has 1 unspecified atom stereocenters. The lowest BCUT2D eigenvalue weighted by Crippen LogP contribution is -2.29. The summed E-state index contributed by atoms with van der Waals surface area (Å²) in [5, 5.41) is 8.89. The smallest absolute Gasteiger partial charge is 0.341 e. The molecule has 0 radical (unpaired) electrons. The van der Waals surface area contributed by atoms with Crippen molar-refractivity contribution in [3.05, 3.63) is 96.4 Å². The summed E-state index contributed by atoms with van der Waals surface area (Å²) in [5.41, 5.74) is 3.22. The van der Waals surface area contributed by atoms with E-state index in [0.717, 1.165) is 16.7 Å². The Morgan fingerprint density at radius 1 is 0.943 bits per heavy atom. The maximum Gasteiger partial charge on any atom is 0.341 e. The molecule has 1 amide bonds. The maximum atomic E-state index is 13.3. The Kier molecular flexibility index (Phi) is 7.26. The Morgan fingerprint density at radius 3 is 2.23 bits per heavy atom. The molecule has 1 N–H and O–H groups in total. The van der Waals surface area contributed by atoms with Gasteiger partial charge in [-0.3, -0.25) is 4.79 Å². The number of ether oxygens (including phenoxy) is 1. The monoisotopic (exact) mass is 470 g/mol. The fraction of sp³-hybridized carbons (Fsp3) is 0.179. The van der Waals surface area contributed by atoms with E-state index in [1.54, 1.807) is 32.3 Å². The largest absolute Gasteiger partial charge is 0.482 e. The predicted molar refractivity (Wildman–Crippen MR) is 132 cm³/mol. The van der Waals surface area contributed by atoms with Crippen LogP contribution in [0.4, 0.5) is 0 Å². The van der Waals surface area contributed by atoms with Crippen LogP contribution in [0.5, 0.6) is 5.75 Å². The average Bonchev–Trinajstić information content (AvgIpc) is 3.32. The van der Waals surface area contributed by atoms with E-state index >= 15 is 0 Å². The van der Waals surface area contributed by atoms with E-state index < -0.39 is 18.5 Å². The molecule has 0 saturated heterocycles. The first-order valence-corrected chi connectivity index (χ1v) is 11.2. The Labute approximate surface area is 203 Å². The Balaban J connectivity index is 1.75. The molecule has 0 aliphatic heterocycles. The van der Waals surface area contributed by atoms with E-state index in [2.05, 4.69) is 0 Å². The molecule has 0 fully saturated rings. The molecule has 7 heteroatoms. The summed E-state index contributed by atoms with van der Waals surface area (Å²) in [4.78, 5) is 30.4. The van der Waals surface area contributed by atoms with Gasteiger partial charge in [0.15, 0.2) is 12.4 Å². The zero-order valence-corrected chi connectivity index (χ0v) is 19.5. The fourth-order valence-electron chi connectivity index (χ4n) is 3.80. The molecule has 4 rings (SSSR count). The second-order valence-corrected chi connectivity index (χ2v) is 8.28. The van der Waals surface area contributed by atoms with E-state index in [9.17, 15) is 9.59 Å². The van der Waals surface area contributed by atoms with Gasteiger partial charge in [0, 0.05) is 25.2 Å². The van der Waals surface area contributed by atoms with Crippen LogP contribution in [-0.2, 0) is 16.0 Å². The number of nitrogens with zero attached hydrogens (tertiary/aromatic N) is 2. The molecule has 0 bridgehead atoms. The van der Waals surface area contributed by atoms with Crippen LogP contribution in [0.2, 0.25) is 0 Å². The third-order valence-corrected chi connectivity index (χ3v) is 5.46. The van der Waals surface area contributed by atoms with Crippen LogP contribution in [-0.4, -0.2) is 47.6 Å². The highest BCUT2D eigenvalue weighted by atomic mass is 16.5. The average molecular weight is 471 g/mol. The summed E-state index contributed by atoms with van der Waals surface area (Å²) in [6, 6.07) is 26.4. The van der Waals surface area contributed by atoms with Gasteiger partial charge >= 0.3 is 5.97 Å². The molecule has 1 atom stereocenters. The highest BCUT2D eigenvalue weighted by Crippen LogP contribution is 2.36. The lowest BCUT2D eigenvalue weighted by molar-refractivity contribution is -0.139. The Morgan fingerprint density at radius 2 is 1.60 bits per heavy atom. The number of carbonyl (C=O) groups excluding carboxylic acids is 1. The van der Waals surface area contributed by atoms with Crippen LogP contribution in [0.15, 0.2) is 89.3 Å². The molecule has 0 saturated carbocycles. The number of likely N-dealkylation sites (N-methyl/N-ethyl adjacent to an activating group) is 1. The molecule has 4 aromatic rings. The molecular formula is C28H26N2O5. The van der Waals surface area contributed by atoms with Crippen molar-refractivity contribution < 1.29 is 23.8 Å². The minimum Gasteiger partial charge on any atom is -0.482 e. The number of rotatable bonds is 9. The number of aromatic nitrogens is 1. The molecule has 0 spiro atoms. The normalized spacial score (nSPS) is 11.6. The van der Waals surface area contributed by atoms with Crippen molar-refractivity contribution in [2.75, 3.05) is 20.7 Å². The summed E-state index contributed by atoms with van der Waals surface area (Å²) < 4.78 is 11.6. The van der Waals surface area contributed by atoms with E-state index in [4.69, 9.17) is 19.2 Å². The van der Waals surface area contributed by atoms with Crippen LogP contribution >= 0.6 is 0 Å². The first-order chi connectivity index (χ1) is 16.9. The molecule has 0 aliphatic rings. The standard InChI is InChI=1S/C28H26N2O5/c1-30(2)28(33)23(17-19-10-9-15-22(16-19)34-18-24(31)32)27-29-25(20-11-5-3-6-12-20)26(35-27)21-13-7-4-8-14-21/h3-16,23H,17-18H2,1-2H3,(H,31,32). The first-order valence-electron chi connectivity index (χ1n) is 11.2. The van der Waals surface area contributed by atoms with Crippen molar-refractivity contribution in [3.8, 4) is 28.3 Å². The molecular weight excluding hydrogens is 444 g/mol. The summed E-state index contributed by atoms with van der Waals surface area (Å²) in [6.07, 6.45) is 0.310. The van der Waals surface area contributed by atoms with Crippen molar-refractivity contribution in [2.45, 2.75) is 12.3 Å². The molecule has 0 aliphatic carbocycles. The first kappa shape index (κ1) is 23.8. The van der Waals surface area contributed by atoms with E-state index in [1.165, 1.54) is 4.90 Å². The number of hydrogen-bond donors (Lipinski definition) is 1. The molecule has 1 heterocycles. The summed E-state index contributed by atoms with van der Waals surface area (Å²) in [5.74, 6) is -0.553. The summed E-state index contributed by atoms with van der Waals surface area (Å²) in [6.45, 7) is -0.440. The van der Waals surface area contributed by atoms with E-state index in [-0.39, 0.29) is 5.91 Å². The van der Waals surface area contributed by atoms with Gasteiger partial charge in [0.1, 0.15) is 17.4 Å². The Hall–Kier alpha value is -4.39. The SMILES string of the molecule is CN(C)C(=O)C(Cc1cccc(OCC(=O)O)c1)c1nc(-c2ccccc2)c(-c2ccccc2)o1. The highest BCUT2D eigenvalue weighted by Gasteiger charge is 2.30. The van der Waals surface area contributed by atoms with Crippen molar-refractivity contribution in [1.82, 2.24) is 9.88 Å². The lowest BCUT2D eigenvalue weighted by Gasteiger charge is -2.18. The molecule has 178 valence electrons. The van der Waals surface area contributed by atoms with E-state index in [1.807, 2.05) is 66.7 Å². The zero-order valence-electron chi connectivity index (χ0n) is 19.5. The fourth-order valence-corrected chi connectivity index (χ4v) is 3.80. The van der Waals surface area contributed by atoms with Gasteiger partial charge in [0.25, 0.3) is 0 Å². The van der Waals surface area contributed by atoms with Crippen LogP contribution in [0.25, 0.3) is 22.6 Å². The van der Waals surface area contributed by atoms with Gasteiger partial charge in [0.2, 0.25) is 11.8 Å². The number of carbonyl (C=O) groups is 2. The minimum absolute atomic E-state index is 0.151. The lowest BCUT2D eigenvalue weighted by atomic mass is 9.97. The van der Waals surface area contributed by atoms with Gasteiger partial charge in [-0.25, -0.2) is 9.78 Å². The summed E-state index contributed by atoms with van der Waals surface area (Å²) >= 11 is 0. The zero-order chi connectivity index (χ0) is 24.8. The highest BCUT2D eigenvalue weighted by molar-refractivity contribution is 5.84. The van der Waals surface area contributed by atoms with Gasteiger partial charge in [-0.15, -0.1) is 0 Å². The number of amides is 1. The molecule has 1 aromatic heterocycles. The number of oxazole rings is 1. The quantitative estimate of drug-likeness (QED) is 0.375. The number of carboxylic acids is 1. The molecule has 7 nitrogen and oxygen atoms in total. The summed E-state index contributed by atoms with van der Waals surface area (Å²) in [7, 11) is 3.39. The minimum atomic E-state index is -1.06. The molecule has 35 heavy (non-hydrogen) atoms. The van der Waals surface area contributed by atoms with Crippen LogP contribution in [0.3, 0.4) is 0 Å². The third kappa shape index (κ3) is 5.76. The second-order valence-electron chi connectivity index (χ2n) is 8.28. The number of hydrogen-bond acceptors (Lipinski definition) is 5. The van der Waals surface area contributed by atoms with Gasteiger partial charge in [-0.2, -0.15) is 0 Å². The molecule has 3 aromatic carbocycles. The van der Waals surface area contributed by atoms with Crippen molar-refractivity contribution >= 4 is 11.9 Å². The van der Waals surface area contributed by atoms with Crippen LogP contribution in [0.1, 0.15) is 17.4 Å². The van der Waals surface area contributed by atoms with Crippen molar-refractivity contribution in [3.63, 3.8) is 0 Å². The number of benzene rings is 3. The number of aliphatic carboxylic acids is 1. The second kappa shape index (κ2) is 10.7. The van der Waals surface area contributed by atoms with Gasteiger partial charge in [0.05, 0.1) is 0 Å². The number of carboxylic acid groups (broad SMARTS) is 1. The Bertz CT molecular complexity index is 1240. The van der Waals surface area contributed by atoms with Gasteiger partial charge in [-0.05, 0) is 24.1 Å². The van der Waals surface area contributed by atoms with E-state index in [0.29, 0.717) is 29.5 Å². The van der Waals surface area contributed by atoms with Gasteiger partial charge < -0.3 is 19.2 Å². The topological polar surface area (TPSA) is 92.9 Å². The van der Waals surface area contributed by atoms with Crippen molar-refractivity contribution in [2.24, 2.45) is 0 Å². The van der Waals surface area contributed by atoms with Crippen molar-refractivity contribution in [1.29, 1.82) is 0 Å².